The van der Waals surface area contributed by atoms with Crippen LogP contribution < -0.4 is 0 Å². The van der Waals surface area contributed by atoms with Crippen LogP contribution in [0.5, 0.6) is 0 Å². The minimum absolute atomic E-state index is 0.336. The van der Waals surface area contributed by atoms with E-state index in [2.05, 4.69) is 27.7 Å². The first-order valence-corrected chi connectivity index (χ1v) is 5.09. The van der Waals surface area contributed by atoms with Crippen LogP contribution in [0.4, 0.5) is 0 Å². The van der Waals surface area contributed by atoms with Crippen molar-refractivity contribution in [2.45, 2.75) is 59.0 Å². The summed E-state index contributed by atoms with van der Waals surface area (Å²) in [6.07, 6.45) is 4.13. The molecule has 0 heterocycles. The van der Waals surface area contributed by atoms with Crippen molar-refractivity contribution in [3.8, 4) is 0 Å². The molecule has 0 radical (unpaired) electrons. The standard InChI is InChI=1S/C11H22O/c1-5-11(12)7-9(2)6-10(3,4)8-11/h9,12H,5-8H2,1-4H3/t9?,11-/m1/s1. The van der Waals surface area contributed by atoms with E-state index in [1.54, 1.807) is 0 Å². The van der Waals surface area contributed by atoms with Gasteiger partial charge < -0.3 is 5.11 Å². The van der Waals surface area contributed by atoms with Crippen LogP contribution in [0.2, 0.25) is 0 Å². The van der Waals surface area contributed by atoms with Gasteiger partial charge in [0.25, 0.3) is 0 Å². The molecule has 72 valence electrons. The van der Waals surface area contributed by atoms with Crippen LogP contribution in [0.3, 0.4) is 0 Å². The van der Waals surface area contributed by atoms with Crippen LogP contribution in [0.25, 0.3) is 0 Å². The van der Waals surface area contributed by atoms with Crippen LogP contribution in [-0.2, 0) is 0 Å². The average molecular weight is 170 g/mol. The Labute approximate surface area is 76.2 Å². The van der Waals surface area contributed by atoms with Gasteiger partial charge in [-0.15, -0.1) is 0 Å². The fraction of sp³-hybridized carbons (Fsp3) is 1.00. The predicted molar refractivity (Wildman–Crippen MR) is 52.0 cm³/mol. The third-order valence-corrected chi connectivity index (χ3v) is 3.10. The Morgan fingerprint density at radius 2 is 1.92 bits per heavy atom. The molecule has 0 saturated heterocycles. The summed E-state index contributed by atoms with van der Waals surface area (Å²) in [5.74, 6) is 0.679. The Morgan fingerprint density at radius 3 is 2.33 bits per heavy atom. The Bertz CT molecular complexity index is 162. The van der Waals surface area contributed by atoms with Crippen molar-refractivity contribution >= 4 is 0 Å². The van der Waals surface area contributed by atoms with Gasteiger partial charge in [0.05, 0.1) is 5.60 Å². The first-order valence-electron chi connectivity index (χ1n) is 5.09. The molecule has 12 heavy (non-hydrogen) atoms. The van der Waals surface area contributed by atoms with Crippen molar-refractivity contribution in [1.82, 2.24) is 0 Å². The van der Waals surface area contributed by atoms with Crippen LogP contribution in [0.1, 0.15) is 53.4 Å². The zero-order valence-corrected chi connectivity index (χ0v) is 8.85. The summed E-state index contributed by atoms with van der Waals surface area (Å²) in [5.41, 5.74) is -0.0381. The molecule has 0 aliphatic heterocycles. The minimum atomic E-state index is -0.374. The molecule has 1 heteroatoms. The lowest BCUT2D eigenvalue weighted by molar-refractivity contribution is -0.0603. The van der Waals surface area contributed by atoms with Crippen molar-refractivity contribution in [1.29, 1.82) is 0 Å². The van der Waals surface area contributed by atoms with Gasteiger partial charge in [-0.05, 0) is 37.0 Å². The maximum Gasteiger partial charge on any atom is 0.0652 e. The highest BCUT2D eigenvalue weighted by molar-refractivity contribution is 4.92. The van der Waals surface area contributed by atoms with Crippen LogP contribution >= 0.6 is 0 Å². The highest BCUT2D eigenvalue weighted by Crippen LogP contribution is 2.44. The maximum atomic E-state index is 10.2. The molecule has 1 unspecified atom stereocenters. The molecule has 1 rings (SSSR count). The molecule has 2 atom stereocenters. The second-order valence-corrected chi connectivity index (χ2v) is 5.43. The maximum absolute atomic E-state index is 10.2. The molecule has 1 aliphatic carbocycles. The van der Waals surface area contributed by atoms with Gasteiger partial charge in [-0.1, -0.05) is 27.7 Å². The highest BCUT2D eigenvalue weighted by atomic mass is 16.3. The quantitative estimate of drug-likeness (QED) is 0.641. The van der Waals surface area contributed by atoms with Gasteiger partial charge in [-0.25, -0.2) is 0 Å². The van der Waals surface area contributed by atoms with Gasteiger partial charge >= 0.3 is 0 Å². The van der Waals surface area contributed by atoms with Crippen LogP contribution in [0, 0.1) is 11.3 Å². The van der Waals surface area contributed by atoms with Gasteiger partial charge in [-0.2, -0.15) is 0 Å². The monoisotopic (exact) mass is 170 g/mol. The van der Waals surface area contributed by atoms with Crippen LogP contribution in [-0.4, -0.2) is 10.7 Å². The van der Waals surface area contributed by atoms with E-state index in [0.717, 1.165) is 19.3 Å². The second kappa shape index (κ2) is 3.02. The molecule has 0 amide bonds. The molecule has 0 bridgehead atoms. The van der Waals surface area contributed by atoms with E-state index in [0.29, 0.717) is 11.3 Å². The molecule has 1 fully saturated rings. The van der Waals surface area contributed by atoms with Crippen molar-refractivity contribution < 1.29 is 5.11 Å². The van der Waals surface area contributed by atoms with E-state index in [1.165, 1.54) is 6.42 Å². The third-order valence-electron chi connectivity index (χ3n) is 3.10. The fourth-order valence-corrected chi connectivity index (χ4v) is 2.97. The normalized spacial score (nSPS) is 41.2. The Hall–Kier alpha value is -0.0400. The molecule has 1 saturated carbocycles. The van der Waals surface area contributed by atoms with Gasteiger partial charge in [0.2, 0.25) is 0 Å². The Morgan fingerprint density at radius 1 is 1.33 bits per heavy atom. The molecular formula is C11H22O. The second-order valence-electron chi connectivity index (χ2n) is 5.43. The average Bonchev–Trinajstić information content (AvgIpc) is 1.82. The van der Waals surface area contributed by atoms with Gasteiger partial charge in [0, 0.05) is 0 Å². The largest absolute Gasteiger partial charge is 0.390 e. The molecule has 1 N–H and O–H groups in total. The lowest BCUT2D eigenvalue weighted by atomic mass is 9.65. The first-order chi connectivity index (χ1) is 5.37. The lowest BCUT2D eigenvalue weighted by Crippen LogP contribution is -2.41. The van der Waals surface area contributed by atoms with E-state index in [-0.39, 0.29) is 5.60 Å². The van der Waals surface area contributed by atoms with Crippen molar-refractivity contribution in [2.75, 3.05) is 0 Å². The first kappa shape index (κ1) is 10.0. The SMILES string of the molecule is CC[C@@]1(O)CC(C)CC(C)(C)C1. The lowest BCUT2D eigenvalue weighted by Gasteiger charge is -2.44. The van der Waals surface area contributed by atoms with Crippen LogP contribution in [0.15, 0.2) is 0 Å². The highest BCUT2D eigenvalue weighted by Gasteiger charge is 2.39. The molecule has 1 aliphatic rings. The van der Waals surface area contributed by atoms with E-state index >= 15 is 0 Å². The molecule has 0 aromatic heterocycles. The van der Waals surface area contributed by atoms with E-state index < -0.39 is 0 Å². The number of hydrogen-bond donors (Lipinski definition) is 1. The summed E-state index contributed by atoms with van der Waals surface area (Å²) in [7, 11) is 0. The Balaban J connectivity index is 2.70. The third kappa shape index (κ3) is 2.22. The number of hydrogen-bond acceptors (Lipinski definition) is 1. The number of aliphatic hydroxyl groups is 1. The fourth-order valence-electron chi connectivity index (χ4n) is 2.97. The van der Waals surface area contributed by atoms with Crippen molar-refractivity contribution in [2.24, 2.45) is 11.3 Å². The predicted octanol–water partition coefficient (Wildman–Crippen LogP) is 2.97. The minimum Gasteiger partial charge on any atom is -0.390 e. The smallest absolute Gasteiger partial charge is 0.0652 e. The van der Waals surface area contributed by atoms with Gasteiger partial charge in [0.1, 0.15) is 0 Å². The molecule has 1 nitrogen and oxygen atoms in total. The summed E-state index contributed by atoms with van der Waals surface area (Å²) in [6, 6.07) is 0. The topological polar surface area (TPSA) is 20.2 Å². The van der Waals surface area contributed by atoms with Crippen molar-refractivity contribution in [3.05, 3.63) is 0 Å². The summed E-state index contributed by atoms with van der Waals surface area (Å²) < 4.78 is 0. The van der Waals surface area contributed by atoms with E-state index in [9.17, 15) is 5.11 Å². The summed E-state index contributed by atoms with van der Waals surface area (Å²) >= 11 is 0. The summed E-state index contributed by atoms with van der Waals surface area (Å²) in [6.45, 7) is 8.88. The Kier molecular flexibility index (Phi) is 2.53. The van der Waals surface area contributed by atoms with Crippen molar-refractivity contribution in [3.63, 3.8) is 0 Å². The molecular weight excluding hydrogens is 148 g/mol. The van der Waals surface area contributed by atoms with E-state index in [4.69, 9.17) is 0 Å². The zero-order chi connectivity index (χ0) is 9.41. The van der Waals surface area contributed by atoms with Gasteiger partial charge in [-0.3, -0.25) is 0 Å². The van der Waals surface area contributed by atoms with E-state index in [1.807, 2.05) is 0 Å². The molecule has 0 aromatic carbocycles. The summed E-state index contributed by atoms with van der Waals surface area (Å²) in [4.78, 5) is 0. The molecule has 0 spiro atoms. The zero-order valence-electron chi connectivity index (χ0n) is 8.85. The van der Waals surface area contributed by atoms with Gasteiger partial charge in [0.15, 0.2) is 0 Å². The summed E-state index contributed by atoms with van der Waals surface area (Å²) in [5, 5.41) is 10.2. The molecule has 0 aromatic rings. The number of rotatable bonds is 1.